The number of carbonyl (C=O) groups excluding carboxylic acids is 1. The molecule has 0 spiro atoms. The van der Waals surface area contributed by atoms with Gasteiger partial charge in [-0.1, -0.05) is 6.08 Å². The summed E-state index contributed by atoms with van der Waals surface area (Å²) in [6.45, 7) is 1.57. The standard InChI is InChI=1S/C23H18N4O10S2.2Na/c1-13-18(21(28)26(24-13)14-5-9-16(10-6-14)38(32,33)34)3-2-4-19-20(23(30)31)25-27(22(19)29)15-7-11-17(12-8-15)39(35,36)37;;/h2-12,24H,1H3,(H,30,31)(H,32,33,34)(H,35,36,37);;/q;2*+1/p-2/b3-2?,19-4-;;. The maximum atomic E-state index is 12.9. The number of benzene rings is 2. The number of anilines is 1. The number of aromatic nitrogens is 2. The zero-order valence-electron chi connectivity index (χ0n) is 21.6. The quantitative estimate of drug-likeness (QED) is 0.145. The van der Waals surface area contributed by atoms with Gasteiger partial charge in [-0.2, -0.15) is 10.1 Å². The maximum Gasteiger partial charge on any atom is 1.00 e. The van der Waals surface area contributed by atoms with Crippen LogP contribution >= 0.6 is 0 Å². The van der Waals surface area contributed by atoms with Gasteiger partial charge in [-0.05, 0) is 67.6 Å². The number of nitrogens with one attached hydrogen (secondary N) is 1. The summed E-state index contributed by atoms with van der Waals surface area (Å²) in [4.78, 5) is 36.5. The molecule has 1 aliphatic rings. The summed E-state index contributed by atoms with van der Waals surface area (Å²) in [5, 5.41) is 16.8. The van der Waals surface area contributed by atoms with Crippen molar-refractivity contribution in [2.45, 2.75) is 16.7 Å². The summed E-state index contributed by atoms with van der Waals surface area (Å²) >= 11 is 0. The molecule has 0 atom stereocenters. The van der Waals surface area contributed by atoms with E-state index in [1.165, 1.54) is 24.3 Å². The van der Waals surface area contributed by atoms with E-state index in [1.807, 2.05) is 0 Å². The Balaban J connectivity index is 0.00000294. The molecule has 2 N–H and O–H groups in total. The first kappa shape index (κ1) is 34.6. The third kappa shape index (κ3) is 7.42. The largest absolute Gasteiger partial charge is 1.00 e. The second kappa shape index (κ2) is 13.1. The first-order chi connectivity index (χ1) is 18.2. The Hall–Kier alpha value is -2.64. The molecular formula is C23H16N4Na2O10S2. The number of hydrogen-bond donors (Lipinski definition) is 2. The van der Waals surface area contributed by atoms with Gasteiger partial charge < -0.3 is 14.2 Å². The molecule has 1 aliphatic heterocycles. The number of allylic oxidation sites excluding steroid dienone is 2. The van der Waals surface area contributed by atoms with Crippen molar-refractivity contribution in [1.29, 1.82) is 0 Å². The average molecular weight is 619 g/mol. The van der Waals surface area contributed by atoms with Crippen molar-refractivity contribution in [3.05, 3.63) is 87.9 Å². The van der Waals surface area contributed by atoms with E-state index in [9.17, 15) is 45.4 Å². The topological polar surface area (TPSA) is 222 Å². The van der Waals surface area contributed by atoms with Crippen molar-refractivity contribution in [2.24, 2.45) is 5.10 Å². The number of hydrazone groups is 1. The number of aromatic amines is 1. The molecule has 1 aromatic heterocycles. The summed E-state index contributed by atoms with van der Waals surface area (Å²) in [7, 11) is -9.40. The average Bonchev–Trinajstić information content (AvgIpc) is 3.34. The number of aryl methyl sites for hydroxylation is 1. The van der Waals surface area contributed by atoms with Gasteiger partial charge in [-0.3, -0.25) is 14.7 Å². The summed E-state index contributed by atoms with van der Waals surface area (Å²) in [6, 6.07) is 8.78. The van der Waals surface area contributed by atoms with Crippen molar-refractivity contribution in [2.75, 3.05) is 5.01 Å². The molecule has 14 nitrogen and oxygen atoms in total. The van der Waals surface area contributed by atoms with Gasteiger partial charge >= 0.3 is 65.1 Å². The summed E-state index contributed by atoms with van der Waals surface area (Å²) in [6.07, 6.45) is 3.71. The Morgan fingerprint density at radius 2 is 1.39 bits per heavy atom. The Kier molecular flexibility index (Phi) is 11.1. The van der Waals surface area contributed by atoms with Gasteiger partial charge in [0.1, 0.15) is 20.2 Å². The number of H-pyrrole nitrogens is 1. The van der Waals surface area contributed by atoms with Crippen molar-refractivity contribution in [3.8, 4) is 5.69 Å². The SMILES string of the molecule is Cc1[nH]n(-c2ccc(S(=O)(=O)[O-])cc2)c(=O)c1C=C/C=C1\C(=O)N(c2ccc(S(=O)(=O)[O-])cc2)N=C1C(=O)O.[Na+].[Na+]. The van der Waals surface area contributed by atoms with Gasteiger partial charge in [0.05, 0.1) is 32.3 Å². The van der Waals surface area contributed by atoms with E-state index < -0.39 is 53.2 Å². The van der Waals surface area contributed by atoms with Crippen LogP contribution < -0.4 is 69.7 Å². The van der Waals surface area contributed by atoms with E-state index in [2.05, 4.69) is 10.2 Å². The molecule has 0 fully saturated rings. The van der Waals surface area contributed by atoms with Gasteiger partial charge in [0.2, 0.25) is 0 Å². The summed E-state index contributed by atoms with van der Waals surface area (Å²) in [5.74, 6) is -2.38. The molecule has 0 saturated carbocycles. The fraction of sp³-hybridized carbons (Fsp3) is 0.0435. The van der Waals surface area contributed by atoms with Crippen LogP contribution in [0.5, 0.6) is 0 Å². The molecule has 18 heteroatoms. The monoisotopic (exact) mass is 618 g/mol. The number of amides is 1. The maximum absolute atomic E-state index is 12.9. The molecule has 4 rings (SSSR count). The Morgan fingerprint density at radius 3 is 1.85 bits per heavy atom. The Labute approximate surface area is 277 Å². The number of carboxylic acids is 1. The first-order valence-corrected chi connectivity index (χ1v) is 13.5. The van der Waals surface area contributed by atoms with E-state index in [0.717, 1.165) is 52.2 Å². The molecule has 2 heterocycles. The molecule has 3 aromatic rings. The molecule has 0 saturated heterocycles. The fourth-order valence-electron chi connectivity index (χ4n) is 3.59. The van der Waals surface area contributed by atoms with Crippen LogP contribution in [0, 0.1) is 6.92 Å². The van der Waals surface area contributed by atoms with Crippen molar-refractivity contribution in [1.82, 2.24) is 9.78 Å². The predicted molar refractivity (Wildman–Crippen MR) is 133 cm³/mol. The zero-order valence-corrected chi connectivity index (χ0v) is 27.3. The van der Waals surface area contributed by atoms with E-state index in [-0.39, 0.29) is 81.6 Å². The minimum absolute atomic E-state index is 0. The minimum Gasteiger partial charge on any atom is -0.744 e. The van der Waals surface area contributed by atoms with Gasteiger partial charge in [0.25, 0.3) is 11.5 Å². The van der Waals surface area contributed by atoms with E-state index >= 15 is 0 Å². The fourth-order valence-corrected chi connectivity index (χ4v) is 4.53. The van der Waals surface area contributed by atoms with Crippen LogP contribution in [0.15, 0.2) is 85.9 Å². The molecule has 0 aliphatic carbocycles. The van der Waals surface area contributed by atoms with Crippen LogP contribution in [0.1, 0.15) is 11.3 Å². The summed E-state index contributed by atoms with van der Waals surface area (Å²) in [5.41, 5.74) is -0.721. The van der Waals surface area contributed by atoms with E-state index in [1.54, 1.807) is 6.92 Å². The van der Waals surface area contributed by atoms with Crippen molar-refractivity contribution in [3.63, 3.8) is 0 Å². The van der Waals surface area contributed by atoms with Gasteiger partial charge in [0, 0.05) is 5.69 Å². The predicted octanol–water partition coefficient (Wildman–Crippen LogP) is -5.28. The normalized spacial score (nSPS) is 14.6. The van der Waals surface area contributed by atoms with Crippen LogP contribution in [-0.2, 0) is 29.8 Å². The molecule has 2 aromatic carbocycles. The third-order valence-electron chi connectivity index (χ3n) is 5.48. The van der Waals surface area contributed by atoms with Crippen LogP contribution in [0.2, 0.25) is 0 Å². The zero-order chi connectivity index (χ0) is 28.7. The first-order valence-electron chi connectivity index (χ1n) is 10.7. The molecule has 0 radical (unpaired) electrons. The van der Waals surface area contributed by atoms with Crippen LogP contribution in [0.25, 0.3) is 11.8 Å². The number of carbonyl (C=O) groups is 2. The second-order valence-corrected chi connectivity index (χ2v) is 10.8. The molecule has 1 amide bonds. The van der Waals surface area contributed by atoms with Crippen LogP contribution in [0.3, 0.4) is 0 Å². The smallest absolute Gasteiger partial charge is 0.744 e. The molecule has 41 heavy (non-hydrogen) atoms. The molecule has 0 bridgehead atoms. The Bertz CT molecular complexity index is 1880. The van der Waals surface area contributed by atoms with E-state index in [0.29, 0.717) is 5.69 Å². The van der Waals surface area contributed by atoms with Gasteiger partial charge in [-0.15, -0.1) is 0 Å². The number of nitrogens with zero attached hydrogens (tertiary/aromatic N) is 3. The van der Waals surface area contributed by atoms with Crippen LogP contribution in [-0.4, -0.2) is 58.4 Å². The number of rotatable bonds is 7. The number of hydrogen-bond acceptors (Lipinski definition) is 10. The van der Waals surface area contributed by atoms with Crippen molar-refractivity contribution < 1.29 is 99.8 Å². The Morgan fingerprint density at radius 1 is 0.902 bits per heavy atom. The molecule has 0 unspecified atom stereocenters. The van der Waals surface area contributed by atoms with Gasteiger partial charge in [0.15, 0.2) is 5.71 Å². The van der Waals surface area contributed by atoms with E-state index in [4.69, 9.17) is 0 Å². The minimum atomic E-state index is -4.73. The molecule has 202 valence electrons. The van der Waals surface area contributed by atoms with Gasteiger partial charge in [-0.25, -0.2) is 26.3 Å². The number of aliphatic carboxylic acids is 1. The number of carboxylic acid groups (broad SMARTS) is 1. The molecular weight excluding hydrogens is 602 g/mol. The second-order valence-electron chi connectivity index (χ2n) is 8.00. The summed E-state index contributed by atoms with van der Waals surface area (Å²) < 4.78 is 67.8. The van der Waals surface area contributed by atoms with Crippen molar-refractivity contribution >= 4 is 49.6 Å². The third-order valence-corrected chi connectivity index (χ3v) is 7.18. The van der Waals surface area contributed by atoms with Crippen LogP contribution in [0.4, 0.5) is 5.69 Å².